The van der Waals surface area contributed by atoms with Crippen molar-refractivity contribution in [2.75, 3.05) is 23.8 Å². The fourth-order valence-corrected chi connectivity index (χ4v) is 3.75. The lowest BCUT2D eigenvalue weighted by atomic mass is 10.0. The molecule has 0 aliphatic carbocycles. The van der Waals surface area contributed by atoms with Crippen LogP contribution in [0.1, 0.15) is 25.3 Å². The van der Waals surface area contributed by atoms with Crippen LogP contribution in [0.4, 0.5) is 11.5 Å². The van der Waals surface area contributed by atoms with E-state index in [1.807, 2.05) is 24.3 Å². The van der Waals surface area contributed by atoms with Crippen LogP contribution in [0.25, 0.3) is 0 Å². The van der Waals surface area contributed by atoms with Crippen molar-refractivity contribution in [3.63, 3.8) is 0 Å². The molecule has 9 nitrogen and oxygen atoms in total. The van der Waals surface area contributed by atoms with Gasteiger partial charge in [-0.15, -0.1) is 0 Å². The SMILES string of the molecule is COc1nccnc1NS(=O)(=O)c1ccc(NC(=O)COc2ccc(C(C)C)cc2)cc1. The summed E-state index contributed by atoms with van der Waals surface area (Å²) in [5.41, 5.74) is 1.62. The lowest BCUT2D eigenvalue weighted by Gasteiger charge is -2.11. The molecular formula is C22H24N4O5S. The maximum atomic E-state index is 12.6. The molecule has 3 aromatic rings. The average molecular weight is 457 g/mol. The van der Waals surface area contributed by atoms with E-state index < -0.39 is 10.0 Å². The summed E-state index contributed by atoms with van der Waals surface area (Å²) in [5, 5.41) is 2.67. The van der Waals surface area contributed by atoms with E-state index in [2.05, 4.69) is 33.9 Å². The zero-order chi connectivity index (χ0) is 23.1. The molecule has 168 valence electrons. The van der Waals surface area contributed by atoms with Crippen LogP contribution in [0, 0.1) is 0 Å². The lowest BCUT2D eigenvalue weighted by Crippen LogP contribution is -2.20. The second-order valence-electron chi connectivity index (χ2n) is 7.10. The van der Waals surface area contributed by atoms with Crippen LogP contribution in [0.2, 0.25) is 0 Å². The van der Waals surface area contributed by atoms with Gasteiger partial charge >= 0.3 is 0 Å². The third-order valence-electron chi connectivity index (χ3n) is 4.45. The fourth-order valence-electron chi connectivity index (χ4n) is 2.74. The number of carbonyl (C=O) groups is 1. The number of benzene rings is 2. The molecule has 2 aromatic carbocycles. The zero-order valence-corrected chi connectivity index (χ0v) is 18.7. The van der Waals surface area contributed by atoms with E-state index in [1.54, 1.807) is 0 Å². The number of carbonyl (C=O) groups excluding carboxylic acids is 1. The summed E-state index contributed by atoms with van der Waals surface area (Å²) in [6, 6.07) is 13.3. The maximum absolute atomic E-state index is 12.6. The second kappa shape index (κ2) is 10.1. The van der Waals surface area contributed by atoms with Crippen molar-refractivity contribution in [1.82, 2.24) is 9.97 Å². The molecule has 0 aliphatic heterocycles. The van der Waals surface area contributed by atoms with Crippen molar-refractivity contribution >= 4 is 27.4 Å². The molecule has 0 fully saturated rings. The number of anilines is 2. The van der Waals surface area contributed by atoms with E-state index in [1.165, 1.54) is 49.3 Å². The minimum absolute atomic E-state index is 0.00954. The van der Waals surface area contributed by atoms with Gasteiger partial charge in [0.25, 0.3) is 21.8 Å². The Kier molecular flexibility index (Phi) is 7.26. The monoisotopic (exact) mass is 456 g/mol. The zero-order valence-electron chi connectivity index (χ0n) is 17.9. The third-order valence-corrected chi connectivity index (χ3v) is 5.81. The topological polar surface area (TPSA) is 120 Å². The Morgan fingerprint density at radius 1 is 1.00 bits per heavy atom. The molecule has 0 atom stereocenters. The molecule has 0 aliphatic rings. The van der Waals surface area contributed by atoms with Gasteiger partial charge in [0.2, 0.25) is 5.82 Å². The van der Waals surface area contributed by atoms with Gasteiger partial charge in [0.15, 0.2) is 6.61 Å². The predicted molar refractivity (Wildman–Crippen MR) is 120 cm³/mol. The highest BCUT2D eigenvalue weighted by Gasteiger charge is 2.18. The molecule has 0 unspecified atom stereocenters. The van der Waals surface area contributed by atoms with Gasteiger partial charge in [-0.1, -0.05) is 26.0 Å². The first kappa shape index (κ1) is 23.0. The van der Waals surface area contributed by atoms with Crippen LogP contribution < -0.4 is 19.5 Å². The Labute approximate surface area is 186 Å². The van der Waals surface area contributed by atoms with Crippen LogP contribution in [0.5, 0.6) is 11.6 Å². The van der Waals surface area contributed by atoms with Crippen molar-refractivity contribution < 1.29 is 22.7 Å². The smallest absolute Gasteiger partial charge is 0.263 e. The average Bonchev–Trinajstić information content (AvgIpc) is 2.78. The number of amides is 1. The van der Waals surface area contributed by atoms with Gasteiger partial charge in [-0.3, -0.25) is 9.52 Å². The van der Waals surface area contributed by atoms with E-state index >= 15 is 0 Å². The number of rotatable bonds is 9. The van der Waals surface area contributed by atoms with Crippen LogP contribution >= 0.6 is 0 Å². The van der Waals surface area contributed by atoms with Crippen molar-refractivity contribution in [3.05, 3.63) is 66.5 Å². The number of hydrogen-bond donors (Lipinski definition) is 2. The first-order chi connectivity index (χ1) is 15.3. The van der Waals surface area contributed by atoms with E-state index in [0.29, 0.717) is 17.4 Å². The summed E-state index contributed by atoms with van der Waals surface area (Å²) in [5.74, 6) is 0.675. The fraction of sp³-hybridized carbons (Fsp3) is 0.227. The molecule has 3 rings (SSSR count). The third kappa shape index (κ3) is 5.94. The van der Waals surface area contributed by atoms with Gasteiger partial charge in [0, 0.05) is 18.1 Å². The predicted octanol–water partition coefficient (Wildman–Crippen LogP) is 3.43. The normalized spacial score (nSPS) is 11.1. The minimum atomic E-state index is -3.92. The van der Waals surface area contributed by atoms with Gasteiger partial charge < -0.3 is 14.8 Å². The second-order valence-corrected chi connectivity index (χ2v) is 8.79. The van der Waals surface area contributed by atoms with Crippen molar-refractivity contribution in [2.45, 2.75) is 24.7 Å². The Hall–Kier alpha value is -3.66. The summed E-state index contributed by atoms with van der Waals surface area (Å²) in [6.45, 7) is 4.03. The van der Waals surface area contributed by atoms with Crippen molar-refractivity contribution in [1.29, 1.82) is 0 Å². The number of nitrogens with zero attached hydrogens (tertiary/aromatic N) is 2. The number of hydrogen-bond acceptors (Lipinski definition) is 7. The Morgan fingerprint density at radius 3 is 2.28 bits per heavy atom. The molecule has 2 N–H and O–H groups in total. The van der Waals surface area contributed by atoms with Gasteiger partial charge in [0.1, 0.15) is 5.75 Å². The molecule has 0 saturated heterocycles. The standard InChI is InChI=1S/C22H24N4O5S/c1-15(2)16-4-8-18(9-5-16)31-14-20(27)25-17-6-10-19(11-7-17)32(28,29)26-21-22(30-3)24-13-12-23-21/h4-13,15H,14H2,1-3H3,(H,23,26)(H,25,27). The summed E-state index contributed by atoms with van der Waals surface area (Å²) in [4.78, 5) is 20.0. The summed E-state index contributed by atoms with van der Waals surface area (Å²) >= 11 is 0. The first-order valence-corrected chi connectivity index (χ1v) is 11.3. The maximum Gasteiger partial charge on any atom is 0.263 e. The molecule has 1 heterocycles. The Balaban J connectivity index is 1.58. The molecule has 0 radical (unpaired) electrons. The summed E-state index contributed by atoms with van der Waals surface area (Å²) < 4.78 is 38.0. The van der Waals surface area contributed by atoms with Gasteiger partial charge in [-0.25, -0.2) is 18.4 Å². The Morgan fingerprint density at radius 2 is 1.66 bits per heavy atom. The summed E-state index contributed by atoms with van der Waals surface area (Å²) in [7, 11) is -2.55. The highest BCUT2D eigenvalue weighted by Crippen LogP contribution is 2.22. The van der Waals surface area contributed by atoms with Gasteiger partial charge in [0.05, 0.1) is 12.0 Å². The molecule has 0 bridgehead atoms. The molecule has 1 amide bonds. The first-order valence-electron chi connectivity index (χ1n) is 9.79. The number of sulfonamides is 1. The molecule has 10 heteroatoms. The Bertz CT molecular complexity index is 1160. The number of methoxy groups -OCH3 is 1. The van der Waals surface area contributed by atoms with E-state index in [9.17, 15) is 13.2 Å². The van der Waals surface area contributed by atoms with E-state index in [0.717, 1.165) is 0 Å². The number of ether oxygens (including phenoxy) is 2. The summed E-state index contributed by atoms with van der Waals surface area (Å²) in [6.07, 6.45) is 2.73. The highest BCUT2D eigenvalue weighted by molar-refractivity contribution is 7.92. The lowest BCUT2D eigenvalue weighted by molar-refractivity contribution is -0.118. The largest absolute Gasteiger partial charge is 0.484 e. The van der Waals surface area contributed by atoms with Gasteiger partial charge in [-0.05, 0) is 47.9 Å². The van der Waals surface area contributed by atoms with Crippen molar-refractivity contribution in [3.8, 4) is 11.6 Å². The quantitative estimate of drug-likeness (QED) is 0.506. The van der Waals surface area contributed by atoms with E-state index in [4.69, 9.17) is 9.47 Å². The van der Waals surface area contributed by atoms with Crippen LogP contribution in [0.15, 0.2) is 65.8 Å². The molecule has 32 heavy (non-hydrogen) atoms. The van der Waals surface area contributed by atoms with Gasteiger partial charge in [-0.2, -0.15) is 0 Å². The van der Waals surface area contributed by atoms with Crippen LogP contribution in [0.3, 0.4) is 0 Å². The molecule has 0 saturated carbocycles. The number of nitrogens with one attached hydrogen (secondary N) is 2. The number of aromatic nitrogens is 2. The molecule has 0 spiro atoms. The molecule has 1 aromatic heterocycles. The molecular weight excluding hydrogens is 432 g/mol. The van der Waals surface area contributed by atoms with Crippen LogP contribution in [-0.2, 0) is 14.8 Å². The van der Waals surface area contributed by atoms with Crippen LogP contribution in [-0.4, -0.2) is 38.0 Å². The van der Waals surface area contributed by atoms with Crippen molar-refractivity contribution in [2.24, 2.45) is 0 Å². The van der Waals surface area contributed by atoms with E-state index in [-0.39, 0.29) is 29.1 Å². The minimum Gasteiger partial charge on any atom is -0.484 e. The highest BCUT2D eigenvalue weighted by atomic mass is 32.2.